The van der Waals surface area contributed by atoms with Crippen molar-refractivity contribution in [2.75, 3.05) is 20.3 Å². The Bertz CT molecular complexity index is 1060. The second-order valence-electron chi connectivity index (χ2n) is 6.25. The molecule has 4 aromatic rings. The van der Waals surface area contributed by atoms with Gasteiger partial charge in [-0.25, -0.2) is 9.97 Å². The lowest BCUT2D eigenvalue weighted by atomic mass is 10.0. The van der Waals surface area contributed by atoms with E-state index in [4.69, 9.17) is 14.2 Å². The highest BCUT2D eigenvalue weighted by Crippen LogP contribution is 2.37. The monoisotopic (exact) mass is 392 g/mol. The summed E-state index contributed by atoms with van der Waals surface area (Å²) in [5, 5.41) is 3.05. The maximum absolute atomic E-state index is 5.94. The summed E-state index contributed by atoms with van der Waals surface area (Å²) in [4.78, 5) is 9.65. The molecule has 142 valence electrons. The second-order valence-corrected chi connectivity index (χ2v) is 7.10. The number of hydrogen-bond acceptors (Lipinski definition) is 6. The van der Waals surface area contributed by atoms with Crippen molar-refractivity contribution in [3.05, 3.63) is 65.8 Å². The van der Waals surface area contributed by atoms with Crippen LogP contribution in [0.3, 0.4) is 0 Å². The standard InChI is InChI=1S/C22H20N2O3S/c1-15-3-5-16(6-4-15)19-13-28-22-20(19)21(23-14-24-22)27-12-11-26-18-9-7-17(25-2)8-10-18/h3-10,13-14H,11-12H2,1-2H3. The minimum Gasteiger partial charge on any atom is -0.497 e. The van der Waals surface area contributed by atoms with Gasteiger partial charge in [-0.15, -0.1) is 11.3 Å². The smallest absolute Gasteiger partial charge is 0.226 e. The maximum atomic E-state index is 5.94. The molecule has 6 heteroatoms. The molecule has 0 radical (unpaired) electrons. The van der Waals surface area contributed by atoms with E-state index in [0.29, 0.717) is 19.1 Å². The maximum Gasteiger partial charge on any atom is 0.226 e. The van der Waals surface area contributed by atoms with Crippen LogP contribution in [0.5, 0.6) is 17.4 Å². The number of thiophene rings is 1. The van der Waals surface area contributed by atoms with E-state index in [2.05, 4.69) is 46.5 Å². The molecule has 2 aromatic heterocycles. The number of aromatic nitrogens is 2. The van der Waals surface area contributed by atoms with Crippen LogP contribution in [-0.4, -0.2) is 30.3 Å². The zero-order valence-electron chi connectivity index (χ0n) is 15.7. The second kappa shape index (κ2) is 8.27. The number of methoxy groups -OCH3 is 1. The van der Waals surface area contributed by atoms with E-state index in [1.54, 1.807) is 18.4 Å². The summed E-state index contributed by atoms with van der Waals surface area (Å²) >= 11 is 1.59. The Morgan fingerprint density at radius 2 is 1.57 bits per heavy atom. The zero-order valence-corrected chi connectivity index (χ0v) is 16.5. The Kier molecular flexibility index (Phi) is 5.39. The number of nitrogens with zero attached hydrogens (tertiary/aromatic N) is 2. The number of benzene rings is 2. The van der Waals surface area contributed by atoms with Crippen LogP contribution in [0.4, 0.5) is 0 Å². The average molecular weight is 392 g/mol. The zero-order chi connectivity index (χ0) is 19.3. The molecule has 0 N–H and O–H groups in total. The molecule has 2 aromatic carbocycles. The Balaban J connectivity index is 1.47. The first-order chi connectivity index (χ1) is 13.7. The van der Waals surface area contributed by atoms with Gasteiger partial charge < -0.3 is 14.2 Å². The fourth-order valence-corrected chi connectivity index (χ4v) is 3.78. The highest BCUT2D eigenvalue weighted by Gasteiger charge is 2.14. The van der Waals surface area contributed by atoms with Crippen molar-refractivity contribution in [3.8, 4) is 28.5 Å². The first kappa shape index (κ1) is 18.3. The van der Waals surface area contributed by atoms with Crippen molar-refractivity contribution in [1.29, 1.82) is 0 Å². The molecule has 0 aliphatic heterocycles. The van der Waals surface area contributed by atoms with Gasteiger partial charge in [-0.05, 0) is 36.8 Å². The molecule has 0 atom stereocenters. The Morgan fingerprint density at radius 3 is 2.32 bits per heavy atom. The molecule has 0 aliphatic rings. The van der Waals surface area contributed by atoms with Crippen LogP contribution in [0.25, 0.3) is 21.3 Å². The van der Waals surface area contributed by atoms with E-state index in [0.717, 1.165) is 32.8 Å². The minimum atomic E-state index is 0.390. The summed E-state index contributed by atoms with van der Waals surface area (Å²) < 4.78 is 16.8. The fraction of sp³-hybridized carbons (Fsp3) is 0.182. The molecule has 5 nitrogen and oxygen atoms in total. The fourth-order valence-electron chi connectivity index (χ4n) is 2.87. The number of fused-ring (bicyclic) bond motifs is 1. The summed E-state index contributed by atoms with van der Waals surface area (Å²) in [6.07, 6.45) is 1.54. The molecule has 0 unspecified atom stereocenters. The molecule has 4 rings (SSSR count). The summed E-state index contributed by atoms with van der Waals surface area (Å²) in [5.41, 5.74) is 3.45. The van der Waals surface area contributed by atoms with Crippen molar-refractivity contribution < 1.29 is 14.2 Å². The van der Waals surface area contributed by atoms with Crippen LogP contribution in [-0.2, 0) is 0 Å². The predicted octanol–water partition coefficient (Wildman–Crippen LogP) is 5.13. The lowest BCUT2D eigenvalue weighted by Crippen LogP contribution is -2.10. The van der Waals surface area contributed by atoms with Crippen LogP contribution in [0.1, 0.15) is 5.56 Å². The molecule has 0 bridgehead atoms. The highest BCUT2D eigenvalue weighted by molar-refractivity contribution is 7.17. The topological polar surface area (TPSA) is 53.5 Å². The van der Waals surface area contributed by atoms with Crippen LogP contribution in [0.15, 0.2) is 60.2 Å². The lowest BCUT2D eigenvalue weighted by Gasteiger charge is -2.10. The SMILES string of the molecule is COc1ccc(OCCOc2ncnc3scc(-c4ccc(C)cc4)c23)cc1. The van der Waals surface area contributed by atoms with E-state index >= 15 is 0 Å². The number of rotatable bonds is 7. The third-order valence-electron chi connectivity index (χ3n) is 4.35. The molecular formula is C22H20N2O3S. The van der Waals surface area contributed by atoms with Crippen molar-refractivity contribution in [2.45, 2.75) is 6.92 Å². The first-order valence-corrected chi connectivity index (χ1v) is 9.81. The summed E-state index contributed by atoms with van der Waals surface area (Å²) in [6, 6.07) is 15.9. The van der Waals surface area contributed by atoms with Gasteiger partial charge in [-0.1, -0.05) is 29.8 Å². The molecule has 2 heterocycles. The number of aryl methyl sites for hydroxylation is 1. The van der Waals surface area contributed by atoms with Gasteiger partial charge in [-0.2, -0.15) is 0 Å². The normalized spacial score (nSPS) is 10.8. The molecule has 0 spiro atoms. The predicted molar refractivity (Wildman–Crippen MR) is 112 cm³/mol. The molecule has 28 heavy (non-hydrogen) atoms. The van der Waals surface area contributed by atoms with Gasteiger partial charge in [0, 0.05) is 10.9 Å². The Labute approximate surface area is 167 Å². The Hall–Kier alpha value is -3.12. The van der Waals surface area contributed by atoms with Crippen molar-refractivity contribution in [3.63, 3.8) is 0 Å². The number of hydrogen-bond donors (Lipinski definition) is 0. The third kappa shape index (κ3) is 3.92. The summed E-state index contributed by atoms with van der Waals surface area (Å²) in [5.74, 6) is 2.15. The van der Waals surface area contributed by atoms with E-state index in [-0.39, 0.29) is 0 Å². The Morgan fingerprint density at radius 1 is 0.857 bits per heavy atom. The average Bonchev–Trinajstić information content (AvgIpc) is 3.17. The van der Waals surface area contributed by atoms with Gasteiger partial charge in [0.2, 0.25) is 5.88 Å². The van der Waals surface area contributed by atoms with E-state index < -0.39 is 0 Å². The van der Waals surface area contributed by atoms with E-state index in [1.807, 2.05) is 24.3 Å². The van der Waals surface area contributed by atoms with Crippen molar-refractivity contribution in [2.24, 2.45) is 0 Å². The molecule has 0 saturated heterocycles. The molecule has 0 amide bonds. The van der Waals surface area contributed by atoms with E-state index in [1.165, 1.54) is 11.9 Å². The molecule has 0 aliphatic carbocycles. The lowest BCUT2D eigenvalue weighted by molar-refractivity contribution is 0.213. The van der Waals surface area contributed by atoms with Gasteiger partial charge in [0.05, 0.1) is 12.5 Å². The first-order valence-electron chi connectivity index (χ1n) is 8.93. The van der Waals surface area contributed by atoms with Crippen LogP contribution >= 0.6 is 11.3 Å². The molecule has 0 saturated carbocycles. The van der Waals surface area contributed by atoms with Gasteiger partial charge in [0.25, 0.3) is 0 Å². The van der Waals surface area contributed by atoms with Crippen LogP contribution < -0.4 is 14.2 Å². The minimum absolute atomic E-state index is 0.390. The van der Waals surface area contributed by atoms with Gasteiger partial charge in [-0.3, -0.25) is 0 Å². The third-order valence-corrected chi connectivity index (χ3v) is 5.23. The van der Waals surface area contributed by atoms with Crippen LogP contribution in [0, 0.1) is 6.92 Å². The van der Waals surface area contributed by atoms with Crippen LogP contribution in [0.2, 0.25) is 0 Å². The van der Waals surface area contributed by atoms with Crippen molar-refractivity contribution in [1.82, 2.24) is 9.97 Å². The van der Waals surface area contributed by atoms with Gasteiger partial charge in [0.1, 0.15) is 35.9 Å². The largest absolute Gasteiger partial charge is 0.497 e. The van der Waals surface area contributed by atoms with E-state index in [9.17, 15) is 0 Å². The molecule has 0 fully saturated rings. The highest BCUT2D eigenvalue weighted by atomic mass is 32.1. The quantitative estimate of drug-likeness (QED) is 0.408. The van der Waals surface area contributed by atoms with Gasteiger partial charge >= 0.3 is 0 Å². The molecular weight excluding hydrogens is 372 g/mol. The van der Waals surface area contributed by atoms with Crippen molar-refractivity contribution >= 4 is 21.6 Å². The summed E-state index contributed by atoms with van der Waals surface area (Å²) in [7, 11) is 1.64. The summed E-state index contributed by atoms with van der Waals surface area (Å²) in [6.45, 7) is 2.89. The van der Waals surface area contributed by atoms with Gasteiger partial charge in [0.15, 0.2) is 0 Å². The number of ether oxygens (including phenoxy) is 3.